The van der Waals surface area contributed by atoms with Crippen molar-refractivity contribution < 1.29 is 9.53 Å². The second-order valence-electron chi connectivity index (χ2n) is 5.08. The van der Waals surface area contributed by atoms with Crippen LogP contribution in [0.1, 0.15) is 25.5 Å². The SMILES string of the molecule is CCNC(=NCC(=O)NCCOC)NC(C)c1ccc(Cl)c(Cl)c1.I. The van der Waals surface area contributed by atoms with Crippen molar-refractivity contribution in [3.63, 3.8) is 0 Å². The molecule has 0 aliphatic rings. The number of nitrogens with zero attached hydrogens (tertiary/aromatic N) is 1. The Morgan fingerprint density at radius 1 is 1.28 bits per heavy atom. The minimum Gasteiger partial charge on any atom is -0.383 e. The molecule has 1 unspecified atom stereocenters. The van der Waals surface area contributed by atoms with E-state index in [0.717, 1.165) is 5.56 Å². The van der Waals surface area contributed by atoms with E-state index in [1.807, 2.05) is 26.0 Å². The van der Waals surface area contributed by atoms with Crippen molar-refractivity contribution in [2.45, 2.75) is 19.9 Å². The average molecular weight is 503 g/mol. The maximum atomic E-state index is 11.7. The van der Waals surface area contributed by atoms with Gasteiger partial charge in [-0.15, -0.1) is 24.0 Å². The summed E-state index contributed by atoms with van der Waals surface area (Å²) in [5, 5.41) is 10.1. The van der Waals surface area contributed by atoms with Crippen molar-refractivity contribution >= 4 is 59.0 Å². The van der Waals surface area contributed by atoms with E-state index in [-0.39, 0.29) is 42.5 Å². The lowest BCUT2D eigenvalue weighted by atomic mass is 10.1. The van der Waals surface area contributed by atoms with E-state index in [4.69, 9.17) is 27.9 Å². The van der Waals surface area contributed by atoms with Crippen LogP contribution in [0, 0.1) is 0 Å². The Bertz CT molecular complexity index is 573. The lowest BCUT2D eigenvalue weighted by molar-refractivity contribution is -0.119. The Hall–Kier alpha value is -0.770. The molecule has 9 heteroatoms. The van der Waals surface area contributed by atoms with Crippen molar-refractivity contribution in [1.29, 1.82) is 0 Å². The molecule has 0 aromatic heterocycles. The summed E-state index contributed by atoms with van der Waals surface area (Å²) in [6.07, 6.45) is 0. The number of amides is 1. The van der Waals surface area contributed by atoms with Gasteiger partial charge < -0.3 is 20.7 Å². The summed E-state index contributed by atoms with van der Waals surface area (Å²) in [4.78, 5) is 16.0. The third-order valence-electron chi connectivity index (χ3n) is 3.15. The molecule has 3 N–H and O–H groups in total. The molecule has 1 aromatic carbocycles. The first-order valence-corrected chi connectivity index (χ1v) is 8.49. The van der Waals surface area contributed by atoms with Gasteiger partial charge in [-0.2, -0.15) is 0 Å². The molecule has 0 radical (unpaired) electrons. The van der Waals surface area contributed by atoms with Crippen LogP contribution in [0.25, 0.3) is 0 Å². The number of carbonyl (C=O) groups excluding carboxylic acids is 1. The number of guanidine groups is 1. The van der Waals surface area contributed by atoms with Crippen LogP contribution >= 0.6 is 47.2 Å². The standard InChI is InChI=1S/C16H24Cl2N4O2.HI/c1-4-19-16(21-10-15(23)20-7-8-24-3)22-11(2)12-5-6-13(17)14(18)9-12;/h5-6,9,11H,4,7-8,10H2,1-3H3,(H,20,23)(H2,19,21,22);1H. The Balaban J connectivity index is 0.00000576. The molecule has 142 valence electrons. The summed E-state index contributed by atoms with van der Waals surface area (Å²) in [6, 6.07) is 5.41. The summed E-state index contributed by atoms with van der Waals surface area (Å²) >= 11 is 12.0. The van der Waals surface area contributed by atoms with Crippen molar-refractivity contribution in [2.24, 2.45) is 4.99 Å². The van der Waals surface area contributed by atoms with E-state index in [1.54, 1.807) is 13.2 Å². The number of halogens is 3. The topological polar surface area (TPSA) is 74.8 Å². The summed E-state index contributed by atoms with van der Waals surface area (Å²) < 4.78 is 4.88. The zero-order valence-electron chi connectivity index (χ0n) is 14.6. The van der Waals surface area contributed by atoms with Gasteiger partial charge in [0.2, 0.25) is 5.91 Å². The highest BCUT2D eigenvalue weighted by molar-refractivity contribution is 14.0. The quantitative estimate of drug-likeness (QED) is 0.221. The average Bonchev–Trinajstić information content (AvgIpc) is 2.55. The van der Waals surface area contributed by atoms with Gasteiger partial charge in [-0.1, -0.05) is 29.3 Å². The second-order valence-corrected chi connectivity index (χ2v) is 5.89. The first-order valence-electron chi connectivity index (χ1n) is 7.73. The molecule has 1 atom stereocenters. The minimum atomic E-state index is -0.161. The maximum Gasteiger partial charge on any atom is 0.241 e. The summed E-state index contributed by atoms with van der Waals surface area (Å²) in [6.45, 7) is 5.60. The lowest BCUT2D eigenvalue weighted by Gasteiger charge is -2.18. The van der Waals surface area contributed by atoms with Crippen molar-refractivity contribution in [1.82, 2.24) is 16.0 Å². The fourth-order valence-electron chi connectivity index (χ4n) is 1.89. The lowest BCUT2D eigenvalue weighted by Crippen LogP contribution is -2.40. The molecule has 0 heterocycles. The third-order valence-corrected chi connectivity index (χ3v) is 3.89. The highest BCUT2D eigenvalue weighted by atomic mass is 127. The van der Waals surface area contributed by atoms with Gasteiger partial charge in [0.15, 0.2) is 5.96 Å². The zero-order chi connectivity index (χ0) is 17.9. The summed E-state index contributed by atoms with van der Waals surface area (Å²) in [5.41, 5.74) is 0.972. The first-order chi connectivity index (χ1) is 11.5. The van der Waals surface area contributed by atoms with Gasteiger partial charge >= 0.3 is 0 Å². The van der Waals surface area contributed by atoms with E-state index in [9.17, 15) is 4.79 Å². The number of methoxy groups -OCH3 is 1. The number of hydrogen-bond acceptors (Lipinski definition) is 3. The summed E-state index contributed by atoms with van der Waals surface area (Å²) in [7, 11) is 1.59. The van der Waals surface area contributed by atoms with Crippen LogP contribution in [-0.2, 0) is 9.53 Å². The van der Waals surface area contributed by atoms with Gasteiger partial charge in [0.25, 0.3) is 0 Å². The van der Waals surface area contributed by atoms with E-state index >= 15 is 0 Å². The predicted molar refractivity (Wildman–Crippen MR) is 114 cm³/mol. The van der Waals surface area contributed by atoms with Crippen LogP contribution in [0.15, 0.2) is 23.2 Å². The number of benzene rings is 1. The van der Waals surface area contributed by atoms with Crippen LogP contribution < -0.4 is 16.0 Å². The molecule has 0 bridgehead atoms. The second kappa shape index (κ2) is 13.4. The molecule has 0 aliphatic heterocycles. The van der Waals surface area contributed by atoms with Crippen LogP contribution in [0.2, 0.25) is 10.0 Å². The smallest absolute Gasteiger partial charge is 0.241 e. The van der Waals surface area contributed by atoms with Gasteiger partial charge in [-0.05, 0) is 31.5 Å². The first kappa shape index (κ1) is 24.2. The van der Waals surface area contributed by atoms with Gasteiger partial charge in [0.05, 0.1) is 22.7 Å². The molecule has 0 saturated carbocycles. The van der Waals surface area contributed by atoms with E-state index in [1.165, 1.54) is 0 Å². The number of rotatable bonds is 8. The van der Waals surface area contributed by atoms with Crippen LogP contribution in [0.4, 0.5) is 0 Å². The fraction of sp³-hybridized carbons (Fsp3) is 0.500. The van der Waals surface area contributed by atoms with E-state index in [0.29, 0.717) is 35.7 Å². The van der Waals surface area contributed by atoms with Gasteiger partial charge in [-0.3, -0.25) is 4.79 Å². The number of ether oxygens (including phenoxy) is 1. The highest BCUT2D eigenvalue weighted by Gasteiger charge is 2.10. The van der Waals surface area contributed by atoms with E-state index in [2.05, 4.69) is 20.9 Å². The van der Waals surface area contributed by atoms with Crippen molar-refractivity contribution in [3.05, 3.63) is 33.8 Å². The Labute approximate surface area is 176 Å². The number of carbonyl (C=O) groups is 1. The fourth-order valence-corrected chi connectivity index (χ4v) is 2.20. The third kappa shape index (κ3) is 9.48. The molecule has 1 aromatic rings. The van der Waals surface area contributed by atoms with Gasteiger partial charge in [0.1, 0.15) is 6.54 Å². The van der Waals surface area contributed by atoms with Crippen molar-refractivity contribution in [3.8, 4) is 0 Å². The van der Waals surface area contributed by atoms with Crippen LogP contribution in [0.3, 0.4) is 0 Å². The van der Waals surface area contributed by atoms with Gasteiger partial charge in [0, 0.05) is 20.2 Å². The molecular weight excluding hydrogens is 478 g/mol. The largest absolute Gasteiger partial charge is 0.383 e. The van der Waals surface area contributed by atoms with Gasteiger partial charge in [-0.25, -0.2) is 4.99 Å². The minimum absolute atomic E-state index is 0. The normalized spacial score (nSPS) is 12.1. The van der Waals surface area contributed by atoms with Crippen LogP contribution in [-0.4, -0.2) is 45.2 Å². The molecule has 0 spiro atoms. The number of hydrogen-bond donors (Lipinski definition) is 3. The Morgan fingerprint density at radius 2 is 2.00 bits per heavy atom. The molecule has 0 aliphatic carbocycles. The molecule has 6 nitrogen and oxygen atoms in total. The maximum absolute atomic E-state index is 11.7. The molecule has 1 amide bonds. The molecule has 25 heavy (non-hydrogen) atoms. The predicted octanol–water partition coefficient (Wildman–Crippen LogP) is 2.99. The Morgan fingerprint density at radius 3 is 2.60 bits per heavy atom. The monoisotopic (exact) mass is 502 g/mol. The number of nitrogens with one attached hydrogen (secondary N) is 3. The summed E-state index contributed by atoms with van der Waals surface area (Å²) in [5.74, 6) is 0.393. The highest BCUT2D eigenvalue weighted by Crippen LogP contribution is 2.25. The Kier molecular flexibility index (Phi) is 13.0. The molecule has 1 rings (SSSR count). The van der Waals surface area contributed by atoms with E-state index < -0.39 is 0 Å². The van der Waals surface area contributed by atoms with Crippen LogP contribution in [0.5, 0.6) is 0 Å². The van der Waals surface area contributed by atoms with Crippen molar-refractivity contribution in [2.75, 3.05) is 33.4 Å². The molecule has 0 saturated heterocycles. The zero-order valence-corrected chi connectivity index (χ0v) is 18.4. The molecule has 0 fully saturated rings. The molecular formula is C16H25Cl2IN4O2. The number of aliphatic imine (C=N–C) groups is 1.